The van der Waals surface area contributed by atoms with E-state index in [2.05, 4.69) is 5.32 Å². The Balaban J connectivity index is 1.94. The minimum absolute atomic E-state index is 0.00536. The monoisotopic (exact) mass is 293 g/mol. The van der Waals surface area contributed by atoms with Gasteiger partial charge in [-0.25, -0.2) is 4.79 Å². The number of likely N-dealkylation sites (N-methyl/N-ethyl adjacent to an activating group) is 1. The molecular weight excluding hydrogens is 278 g/mol. The maximum Gasteiger partial charge on any atom is 0.414 e. The number of fused-ring (bicyclic) bond motifs is 1. The Kier molecular flexibility index (Phi) is 3.23. The first-order chi connectivity index (χ1) is 9.60. The van der Waals surface area contributed by atoms with Crippen LogP contribution < -0.4 is 15.1 Å². The molecule has 106 valence electrons. The number of hydrogen-bond acceptors (Lipinski definition) is 5. The van der Waals surface area contributed by atoms with Crippen molar-refractivity contribution < 1.29 is 9.53 Å². The number of carbonyl (C=O) groups excluding carboxylic acids is 1. The van der Waals surface area contributed by atoms with Crippen LogP contribution in [0.15, 0.2) is 23.0 Å². The van der Waals surface area contributed by atoms with E-state index >= 15 is 0 Å². The van der Waals surface area contributed by atoms with E-state index in [1.54, 1.807) is 16.5 Å². The third-order valence-corrected chi connectivity index (χ3v) is 4.39. The molecule has 1 fully saturated rings. The minimum atomic E-state index is -0.340. The Bertz CT molecular complexity index is 721. The normalized spacial score (nSPS) is 18.8. The first kappa shape index (κ1) is 13.1. The van der Waals surface area contributed by atoms with Crippen molar-refractivity contribution in [2.24, 2.45) is 7.05 Å². The predicted molar refractivity (Wildman–Crippen MR) is 78.6 cm³/mol. The lowest BCUT2D eigenvalue weighted by molar-refractivity contribution is 0.141. The van der Waals surface area contributed by atoms with Gasteiger partial charge in [0.05, 0.1) is 16.8 Å². The van der Waals surface area contributed by atoms with Crippen molar-refractivity contribution >= 4 is 33.3 Å². The van der Waals surface area contributed by atoms with E-state index in [0.717, 1.165) is 15.9 Å². The fourth-order valence-corrected chi connectivity index (χ4v) is 3.27. The fourth-order valence-electron chi connectivity index (χ4n) is 2.36. The highest BCUT2D eigenvalue weighted by Gasteiger charge is 2.31. The SMILES string of the molecule is CNC[C@H]1CN(c2ccc3c(c2)sc(=O)n3C)C(=O)O1. The van der Waals surface area contributed by atoms with Gasteiger partial charge in [-0.2, -0.15) is 0 Å². The number of anilines is 1. The number of aromatic nitrogens is 1. The molecule has 2 aromatic rings. The van der Waals surface area contributed by atoms with Gasteiger partial charge < -0.3 is 14.6 Å². The molecule has 0 spiro atoms. The average Bonchev–Trinajstić information content (AvgIpc) is 2.91. The van der Waals surface area contributed by atoms with Gasteiger partial charge >= 0.3 is 11.0 Å². The van der Waals surface area contributed by atoms with Crippen LogP contribution in [0.1, 0.15) is 0 Å². The number of nitrogens with zero attached hydrogens (tertiary/aromatic N) is 2. The molecule has 0 unspecified atom stereocenters. The topological polar surface area (TPSA) is 63.6 Å². The summed E-state index contributed by atoms with van der Waals surface area (Å²) in [5, 5.41) is 3.00. The van der Waals surface area contributed by atoms with Gasteiger partial charge in [0.25, 0.3) is 0 Å². The number of nitrogens with one attached hydrogen (secondary N) is 1. The summed E-state index contributed by atoms with van der Waals surface area (Å²) in [7, 11) is 3.57. The van der Waals surface area contributed by atoms with Gasteiger partial charge in [-0.1, -0.05) is 11.3 Å². The van der Waals surface area contributed by atoms with Gasteiger partial charge in [0, 0.05) is 19.3 Å². The number of carbonyl (C=O) groups is 1. The first-order valence-corrected chi connectivity index (χ1v) is 7.14. The van der Waals surface area contributed by atoms with Crippen molar-refractivity contribution in [1.82, 2.24) is 9.88 Å². The molecule has 0 bridgehead atoms. The van der Waals surface area contributed by atoms with Crippen LogP contribution >= 0.6 is 11.3 Å². The Labute approximate surface area is 119 Å². The van der Waals surface area contributed by atoms with Crippen molar-refractivity contribution in [2.45, 2.75) is 6.10 Å². The number of thiazole rings is 1. The van der Waals surface area contributed by atoms with Crippen LogP contribution in [0.25, 0.3) is 10.2 Å². The third kappa shape index (κ3) is 2.08. The van der Waals surface area contributed by atoms with Crippen molar-refractivity contribution in [2.75, 3.05) is 25.0 Å². The maximum atomic E-state index is 11.9. The molecule has 7 heteroatoms. The van der Waals surface area contributed by atoms with Crippen molar-refractivity contribution in [3.8, 4) is 0 Å². The molecule has 20 heavy (non-hydrogen) atoms. The van der Waals surface area contributed by atoms with Gasteiger partial charge in [0.15, 0.2) is 0 Å². The second-order valence-electron chi connectivity index (χ2n) is 4.75. The molecule has 0 aliphatic carbocycles. The minimum Gasteiger partial charge on any atom is -0.443 e. The Hall–Kier alpha value is -1.86. The van der Waals surface area contributed by atoms with Crippen LogP contribution in [0.2, 0.25) is 0 Å². The number of hydrogen-bond donors (Lipinski definition) is 1. The number of cyclic esters (lactones) is 1. The van der Waals surface area contributed by atoms with E-state index in [1.807, 2.05) is 25.2 Å². The second-order valence-corrected chi connectivity index (χ2v) is 5.75. The molecule has 1 saturated heterocycles. The summed E-state index contributed by atoms with van der Waals surface area (Å²) in [6.07, 6.45) is -0.481. The van der Waals surface area contributed by atoms with Gasteiger partial charge in [-0.15, -0.1) is 0 Å². The lowest BCUT2D eigenvalue weighted by Crippen LogP contribution is -2.28. The van der Waals surface area contributed by atoms with E-state index in [-0.39, 0.29) is 17.1 Å². The zero-order valence-corrected chi connectivity index (χ0v) is 12.1. The van der Waals surface area contributed by atoms with Crippen LogP contribution in [-0.4, -0.2) is 36.9 Å². The van der Waals surface area contributed by atoms with Crippen LogP contribution in [0, 0.1) is 0 Å². The van der Waals surface area contributed by atoms with E-state index in [4.69, 9.17) is 4.74 Å². The lowest BCUT2D eigenvalue weighted by atomic mass is 10.2. The molecule has 1 amide bonds. The fraction of sp³-hybridized carbons (Fsp3) is 0.385. The highest BCUT2D eigenvalue weighted by molar-refractivity contribution is 7.16. The molecule has 1 N–H and O–H groups in total. The summed E-state index contributed by atoms with van der Waals surface area (Å²) < 4.78 is 7.75. The quantitative estimate of drug-likeness (QED) is 0.922. The second kappa shape index (κ2) is 4.92. The summed E-state index contributed by atoms with van der Waals surface area (Å²) in [5.74, 6) is 0. The van der Waals surface area contributed by atoms with E-state index in [1.165, 1.54) is 11.3 Å². The van der Waals surface area contributed by atoms with Crippen LogP contribution in [-0.2, 0) is 11.8 Å². The van der Waals surface area contributed by atoms with Crippen LogP contribution in [0.4, 0.5) is 10.5 Å². The molecule has 0 radical (unpaired) electrons. The molecule has 1 aliphatic heterocycles. The van der Waals surface area contributed by atoms with E-state index in [9.17, 15) is 9.59 Å². The van der Waals surface area contributed by atoms with Crippen molar-refractivity contribution in [3.63, 3.8) is 0 Å². The molecule has 6 nitrogen and oxygen atoms in total. The largest absolute Gasteiger partial charge is 0.443 e. The van der Waals surface area contributed by atoms with Gasteiger partial charge in [-0.05, 0) is 25.2 Å². The molecule has 2 heterocycles. The molecule has 1 atom stereocenters. The number of benzene rings is 1. The summed E-state index contributed by atoms with van der Waals surface area (Å²) in [6.45, 7) is 1.15. The molecule has 1 aromatic heterocycles. The van der Waals surface area contributed by atoms with E-state index < -0.39 is 0 Å². The standard InChI is InChI=1S/C13H15N3O3S/c1-14-6-9-7-16(12(17)19-9)8-3-4-10-11(5-8)20-13(18)15(10)2/h3-5,9,14H,6-7H2,1-2H3/t9-/m0/s1. The molecule has 1 aliphatic rings. The van der Waals surface area contributed by atoms with Crippen LogP contribution in [0.5, 0.6) is 0 Å². The van der Waals surface area contributed by atoms with Gasteiger partial charge in [0.2, 0.25) is 0 Å². The predicted octanol–water partition coefficient (Wildman–Crippen LogP) is 1.14. The number of amides is 1. The molecule has 1 aromatic carbocycles. The summed E-state index contributed by atoms with van der Waals surface area (Å²) in [5.41, 5.74) is 1.64. The Morgan fingerprint density at radius 2 is 2.25 bits per heavy atom. The average molecular weight is 293 g/mol. The molecule has 0 saturated carbocycles. The summed E-state index contributed by atoms with van der Waals surface area (Å²) >= 11 is 1.18. The van der Waals surface area contributed by atoms with Gasteiger partial charge in [0.1, 0.15) is 6.10 Å². The Morgan fingerprint density at radius 1 is 1.45 bits per heavy atom. The highest BCUT2D eigenvalue weighted by atomic mass is 32.1. The Morgan fingerprint density at radius 3 is 3.00 bits per heavy atom. The number of rotatable bonds is 3. The highest BCUT2D eigenvalue weighted by Crippen LogP contribution is 2.27. The summed E-state index contributed by atoms with van der Waals surface area (Å²) in [4.78, 5) is 25.1. The molecular formula is C13H15N3O3S. The van der Waals surface area contributed by atoms with Crippen LogP contribution in [0.3, 0.4) is 0 Å². The zero-order chi connectivity index (χ0) is 14.3. The lowest BCUT2D eigenvalue weighted by Gasteiger charge is -2.13. The summed E-state index contributed by atoms with van der Waals surface area (Å²) in [6, 6.07) is 5.57. The number of ether oxygens (including phenoxy) is 1. The van der Waals surface area contributed by atoms with Crippen molar-refractivity contribution in [3.05, 3.63) is 27.9 Å². The van der Waals surface area contributed by atoms with Gasteiger partial charge in [-0.3, -0.25) is 9.69 Å². The maximum absolute atomic E-state index is 11.9. The third-order valence-electron chi connectivity index (χ3n) is 3.39. The number of aryl methyl sites for hydroxylation is 1. The first-order valence-electron chi connectivity index (χ1n) is 6.32. The zero-order valence-electron chi connectivity index (χ0n) is 11.3. The molecule has 3 rings (SSSR count). The van der Waals surface area contributed by atoms with E-state index in [0.29, 0.717) is 13.1 Å². The van der Waals surface area contributed by atoms with Crippen molar-refractivity contribution in [1.29, 1.82) is 0 Å². The smallest absolute Gasteiger partial charge is 0.414 e.